The van der Waals surface area contributed by atoms with Gasteiger partial charge in [0.05, 0.1) is 12.3 Å². The van der Waals surface area contributed by atoms with E-state index in [1.54, 1.807) is 19.2 Å². The fraction of sp³-hybridized carbons (Fsp3) is 0.467. The molecule has 120 valence electrons. The lowest BCUT2D eigenvalue weighted by Gasteiger charge is -2.34. The van der Waals surface area contributed by atoms with Crippen LogP contribution in [0.25, 0.3) is 0 Å². The smallest absolute Gasteiger partial charge is 0.233 e. The average molecular weight is 325 g/mol. The number of hydrogen-bond donors (Lipinski definition) is 1. The van der Waals surface area contributed by atoms with Gasteiger partial charge in [-0.1, -0.05) is 0 Å². The molecule has 0 atom stereocenters. The van der Waals surface area contributed by atoms with Crippen molar-refractivity contribution < 1.29 is 14.0 Å². The maximum Gasteiger partial charge on any atom is 0.233 e. The number of halogens is 1. The molecule has 5 nitrogen and oxygen atoms in total. The van der Waals surface area contributed by atoms with Crippen LogP contribution in [0.3, 0.4) is 0 Å². The Morgan fingerprint density at radius 3 is 2.41 bits per heavy atom. The Bertz CT molecular complexity index is 516. The Hall–Kier alpha value is -1.60. The van der Waals surface area contributed by atoms with Crippen LogP contribution in [0.2, 0.25) is 0 Å². The molecular weight excluding hydrogens is 305 g/mol. The summed E-state index contributed by atoms with van der Waals surface area (Å²) in [6.45, 7) is 3.07. The highest BCUT2D eigenvalue weighted by Gasteiger charge is 2.22. The van der Waals surface area contributed by atoms with Gasteiger partial charge in [0.2, 0.25) is 11.8 Å². The van der Waals surface area contributed by atoms with Crippen LogP contribution < -0.4 is 5.32 Å². The monoisotopic (exact) mass is 325 g/mol. The quantitative estimate of drug-likeness (QED) is 0.814. The van der Waals surface area contributed by atoms with Crippen molar-refractivity contribution in [3.05, 3.63) is 30.1 Å². The lowest BCUT2D eigenvalue weighted by atomic mass is 10.3. The molecule has 1 aromatic carbocycles. The second-order valence-corrected chi connectivity index (χ2v) is 6.12. The van der Waals surface area contributed by atoms with Crippen LogP contribution in [0.1, 0.15) is 0 Å². The third kappa shape index (κ3) is 4.99. The van der Waals surface area contributed by atoms with E-state index < -0.39 is 0 Å². The highest BCUT2D eigenvalue weighted by molar-refractivity contribution is 8.00. The number of benzene rings is 1. The van der Waals surface area contributed by atoms with Crippen LogP contribution in [0.15, 0.2) is 29.2 Å². The molecular formula is C15H20FN3O2S. The summed E-state index contributed by atoms with van der Waals surface area (Å²) in [4.78, 5) is 28.2. The molecule has 0 radical (unpaired) electrons. The molecule has 0 bridgehead atoms. The minimum absolute atomic E-state index is 0.00774. The molecule has 0 aliphatic carbocycles. The van der Waals surface area contributed by atoms with Gasteiger partial charge in [-0.25, -0.2) is 4.39 Å². The summed E-state index contributed by atoms with van der Waals surface area (Å²) in [7, 11) is 1.62. The number of piperazine rings is 1. The van der Waals surface area contributed by atoms with Gasteiger partial charge in [-0.05, 0) is 24.3 Å². The molecule has 0 saturated carbocycles. The molecule has 2 rings (SSSR count). The SMILES string of the molecule is CNC(=O)CN1CCN(C(=O)CSc2ccc(F)cc2)CC1. The van der Waals surface area contributed by atoms with Crippen LogP contribution in [-0.2, 0) is 9.59 Å². The van der Waals surface area contributed by atoms with Gasteiger partial charge in [-0.15, -0.1) is 11.8 Å². The van der Waals surface area contributed by atoms with Crippen molar-refractivity contribution in [3.63, 3.8) is 0 Å². The van der Waals surface area contributed by atoms with E-state index in [1.165, 1.54) is 23.9 Å². The predicted molar refractivity (Wildman–Crippen MR) is 84.2 cm³/mol. The number of nitrogens with zero attached hydrogens (tertiary/aromatic N) is 2. The average Bonchev–Trinajstić information content (AvgIpc) is 2.54. The van der Waals surface area contributed by atoms with Gasteiger partial charge < -0.3 is 10.2 Å². The van der Waals surface area contributed by atoms with E-state index in [4.69, 9.17) is 0 Å². The van der Waals surface area contributed by atoms with Gasteiger partial charge >= 0.3 is 0 Å². The Morgan fingerprint density at radius 1 is 1.18 bits per heavy atom. The molecule has 1 saturated heterocycles. The molecule has 1 aliphatic rings. The van der Waals surface area contributed by atoms with E-state index >= 15 is 0 Å². The molecule has 7 heteroatoms. The van der Waals surface area contributed by atoms with Crippen molar-refractivity contribution in [1.29, 1.82) is 0 Å². The van der Waals surface area contributed by atoms with E-state index in [0.717, 1.165) is 4.90 Å². The highest BCUT2D eigenvalue weighted by atomic mass is 32.2. The van der Waals surface area contributed by atoms with Crippen molar-refractivity contribution in [2.24, 2.45) is 0 Å². The number of hydrogen-bond acceptors (Lipinski definition) is 4. The third-order valence-electron chi connectivity index (χ3n) is 3.55. The van der Waals surface area contributed by atoms with Gasteiger partial charge in [0.25, 0.3) is 0 Å². The van der Waals surface area contributed by atoms with E-state index in [9.17, 15) is 14.0 Å². The first-order chi connectivity index (χ1) is 10.6. The van der Waals surface area contributed by atoms with Crippen LogP contribution in [0, 0.1) is 5.82 Å². The van der Waals surface area contributed by atoms with Crippen LogP contribution in [0.4, 0.5) is 4.39 Å². The fourth-order valence-corrected chi connectivity index (χ4v) is 3.01. The van der Waals surface area contributed by atoms with E-state index in [2.05, 4.69) is 5.32 Å². The topological polar surface area (TPSA) is 52.7 Å². The molecule has 0 unspecified atom stereocenters. The normalized spacial score (nSPS) is 15.6. The largest absolute Gasteiger partial charge is 0.358 e. The van der Waals surface area contributed by atoms with Gasteiger partial charge in [-0.2, -0.15) is 0 Å². The van der Waals surface area contributed by atoms with E-state index in [-0.39, 0.29) is 17.6 Å². The molecule has 1 aliphatic heterocycles. The van der Waals surface area contributed by atoms with Gasteiger partial charge in [0.15, 0.2) is 0 Å². The van der Waals surface area contributed by atoms with Crippen molar-refractivity contribution in [1.82, 2.24) is 15.1 Å². The molecule has 2 amide bonds. The van der Waals surface area contributed by atoms with E-state index in [1.807, 2.05) is 9.80 Å². The third-order valence-corrected chi connectivity index (χ3v) is 4.54. The number of carbonyl (C=O) groups is 2. The van der Waals surface area contributed by atoms with Crippen molar-refractivity contribution in [2.45, 2.75) is 4.90 Å². The number of nitrogens with one attached hydrogen (secondary N) is 1. The molecule has 1 aromatic rings. The zero-order valence-electron chi connectivity index (χ0n) is 12.5. The summed E-state index contributed by atoms with van der Waals surface area (Å²) in [5.41, 5.74) is 0. The van der Waals surface area contributed by atoms with Crippen LogP contribution in [-0.4, -0.2) is 67.1 Å². The summed E-state index contributed by atoms with van der Waals surface area (Å²) in [5, 5.41) is 2.60. The number of rotatable bonds is 5. The molecule has 22 heavy (non-hydrogen) atoms. The van der Waals surface area contributed by atoms with Crippen molar-refractivity contribution in [2.75, 3.05) is 45.5 Å². The van der Waals surface area contributed by atoms with Crippen molar-refractivity contribution in [3.8, 4) is 0 Å². The van der Waals surface area contributed by atoms with Crippen molar-refractivity contribution >= 4 is 23.6 Å². The second kappa shape index (κ2) is 8.14. The van der Waals surface area contributed by atoms with Gasteiger partial charge in [0, 0.05) is 38.1 Å². The number of thioether (sulfide) groups is 1. The summed E-state index contributed by atoms with van der Waals surface area (Å²) in [6.07, 6.45) is 0. The zero-order valence-corrected chi connectivity index (χ0v) is 13.4. The van der Waals surface area contributed by atoms with Crippen LogP contribution >= 0.6 is 11.8 Å². The number of carbonyl (C=O) groups excluding carboxylic acids is 2. The van der Waals surface area contributed by atoms with Gasteiger partial charge in [-0.3, -0.25) is 14.5 Å². The number of amides is 2. The molecule has 1 fully saturated rings. The molecule has 1 N–H and O–H groups in total. The number of likely N-dealkylation sites (N-methyl/N-ethyl adjacent to an activating group) is 1. The standard InChI is InChI=1S/C15H20FN3O2S/c1-17-14(20)10-18-6-8-19(9-7-18)15(21)11-22-13-4-2-12(16)3-5-13/h2-5H,6-11H2,1H3,(H,17,20). The summed E-state index contributed by atoms with van der Waals surface area (Å²) in [5.74, 6) is 0.143. The minimum atomic E-state index is -0.275. The lowest BCUT2D eigenvalue weighted by Crippen LogP contribution is -2.51. The Morgan fingerprint density at radius 2 is 1.82 bits per heavy atom. The molecule has 0 spiro atoms. The van der Waals surface area contributed by atoms with Gasteiger partial charge in [0.1, 0.15) is 5.82 Å². The molecule has 0 aromatic heterocycles. The first-order valence-corrected chi connectivity index (χ1v) is 8.16. The predicted octanol–water partition coefficient (Wildman–Crippen LogP) is 0.808. The maximum atomic E-state index is 12.8. The Kier molecular flexibility index (Phi) is 6.21. The maximum absolute atomic E-state index is 12.8. The lowest BCUT2D eigenvalue weighted by molar-refractivity contribution is -0.130. The second-order valence-electron chi connectivity index (χ2n) is 5.07. The summed E-state index contributed by atoms with van der Waals surface area (Å²) < 4.78 is 12.8. The summed E-state index contributed by atoms with van der Waals surface area (Å²) in [6, 6.07) is 6.14. The minimum Gasteiger partial charge on any atom is -0.358 e. The highest BCUT2D eigenvalue weighted by Crippen LogP contribution is 2.18. The Balaban J connectivity index is 1.73. The fourth-order valence-electron chi connectivity index (χ4n) is 2.20. The summed E-state index contributed by atoms with van der Waals surface area (Å²) >= 11 is 1.41. The van der Waals surface area contributed by atoms with Crippen LogP contribution in [0.5, 0.6) is 0 Å². The Labute approximate surface area is 133 Å². The zero-order chi connectivity index (χ0) is 15.9. The first-order valence-electron chi connectivity index (χ1n) is 7.17. The molecule has 1 heterocycles. The first kappa shape index (κ1) is 16.8. The van der Waals surface area contributed by atoms with E-state index in [0.29, 0.717) is 38.5 Å².